The maximum absolute atomic E-state index is 12.2. The highest BCUT2D eigenvalue weighted by molar-refractivity contribution is 9.10. The zero-order chi connectivity index (χ0) is 16.1. The van der Waals surface area contributed by atoms with Crippen molar-refractivity contribution in [3.63, 3.8) is 0 Å². The second kappa shape index (κ2) is 7.04. The Labute approximate surface area is 135 Å². The molecule has 0 radical (unpaired) electrons. The summed E-state index contributed by atoms with van der Waals surface area (Å²) >= 11 is 3.32. The molecule has 0 bridgehead atoms. The molecule has 7 heteroatoms. The van der Waals surface area contributed by atoms with Gasteiger partial charge in [-0.2, -0.15) is 0 Å². The van der Waals surface area contributed by atoms with Gasteiger partial charge in [0.15, 0.2) is 5.78 Å². The first-order valence-electron chi connectivity index (χ1n) is 6.37. The molecule has 0 atom stereocenters. The van der Waals surface area contributed by atoms with Gasteiger partial charge in [0.2, 0.25) is 0 Å². The molecule has 2 rings (SSSR count). The number of ketones is 1. The molecule has 114 valence electrons. The van der Waals surface area contributed by atoms with E-state index in [1.807, 2.05) is 0 Å². The molecular formula is C15H13BrN2O4. The summed E-state index contributed by atoms with van der Waals surface area (Å²) in [4.78, 5) is 22.6. The SMILES string of the molecule is COc1ccc(C(=O)CNc2ccccc2[N+](=O)[O-])cc1Br. The van der Waals surface area contributed by atoms with Gasteiger partial charge in [0.05, 0.1) is 23.1 Å². The van der Waals surface area contributed by atoms with Crippen molar-refractivity contribution in [3.05, 3.63) is 62.6 Å². The Bertz CT molecular complexity index is 718. The fourth-order valence-electron chi connectivity index (χ4n) is 1.90. The number of hydrogen-bond donors (Lipinski definition) is 1. The molecule has 0 saturated heterocycles. The number of methoxy groups -OCH3 is 1. The average Bonchev–Trinajstić information content (AvgIpc) is 2.52. The van der Waals surface area contributed by atoms with Gasteiger partial charge >= 0.3 is 0 Å². The number of halogens is 1. The topological polar surface area (TPSA) is 81.5 Å². The molecule has 0 aliphatic heterocycles. The van der Waals surface area contributed by atoms with E-state index in [1.165, 1.54) is 13.2 Å². The van der Waals surface area contributed by atoms with Gasteiger partial charge in [-0.05, 0) is 40.2 Å². The molecule has 2 aromatic rings. The Morgan fingerprint density at radius 3 is 2.68 bits per heavy atom. The predicted octanol–water partition coefficient (Wildman–Crippen LogP) is 3.66. The summed E-state index contributed by atoms with van der Waals surface area (Å²) in [5.41, 5.74) is 0.735. The lowest BCUT2D eigenvalue weighted by Gasteiger charge is -2.08. The minimum absolute atomic E-state index is 0.0381. The highest BCUT2D eigenvalue weighted by Crippen LogP contribution is 2.26. The first kappa shape index (κ1) is 16.0. The summed E-state index contributed by atoms with van der Waals surface area (Å²) in [6.07, 6.45) is 0. The fraction of sp³-hybridized carbons (Fsp3) is 0.133. The summed E-state index contributed by atoms with van der Waals surface area (Å²) in [6, 6.07) is 11.2. The van der Waals surface area contributed by atoms with E-state index >= 15 is 0 Å². The molecule has 0 heterocycles. The molecule has 0 fully saturated rings. The Morgan fingerprint density at radius 2 is 2.05 bits per heavy atom. The van der Waals surface area contributed by atoms with Crippen LogP contribution in [0.3, 0.4) is 0 Å². The van der Waals surface area contributed by atoms with Gasteiger partial charge in [-0.15, -0.1) is 0 Å². The number of Topliss-reactive ketones (excluding diaryl/α,β-unsaturated/α-hetero) is 1. The maximum atomic E-state index is 12.2. The molecule has 6 nitrogen and oxygen atoms in total. The Morgan fingerprint density at radius 1 is 1.32 bits per heavy atom. The third-order valence-electron chi connectivity index (χ3n) is 3.01. The van der Waals surface area contributed by atoms with E-state index in [2.05, 4.69) is 21.2 Å². The molecule has 0 amide bonds. The number of rotatable bonds is 6. The molecule has 0 aliphatic carbocycles. The van der Waals surface area contributed by atoms with Crippen molar-refractivity contribution >= 4 is 33.1 Å². The number of benzene rings is 2. The van der Waals surface area contributed by atoms with Crippen molar-refractivity contribution in [1.29, 1.82) is 0 Å². The van der Waals surface area contributed by atoms with Crippen LogP contribution in [-0.2, 0) is 0 Å². The van der Waals surface area contributed by atoms with Crippen LogP contribution >= 0.6 is 15.9 Å². The molecule has 0 aliphatic rings. The Hall–Kier alpha value is -2.41. The fourth-order valence-corrected chi connectivity index (χ4v) is 2.44. The minimum atomic E-state index is -0.489. The lowest BCUT2D eigenvalue weighted by molar-refractivity contribution is -0.383. The van der Waals surface area contributed by atoms with Gasteiger partial charge < -0.3 is 10.1 Å². The highest BCUT2D eigenvalue weighted by atomic mass is 79.9. The zero-order valence-corrected chi connectivity index (χ0v) is 13.3. The minimum Gasteiger partial charge on any atom is -0.496 e. The normalized spacial score (nSPS) is 10.1. The molecule has 0 aromatic heterocycles. The van der Waals surface area contributed by atoms with Crippen LogP contribution < -0.4 is 10.1 Å². The van der Waals surface area contributed by atoms with E-state index in [-0.39, 0.29) is 18.0 Å². The van der Waals surface area contributed by atoms with Gasteiger partial charge in [-0.1, -0.05) is 12.1 Å². The average molecular weight is 365 g/mol. The Balaban J connectivity index is 2.10. The standard InChI is InChI=1S/C15H13BrN2O4/c1-22-15-7-6-10(8-11(15)16)14(19)9-17-12-4-2-3-5-13(12)18(20)21/h2-8,17H,9H2,1H3. The first-order chi connectivity index (χ1) is 10.5. The van der Waals surface area contributed by atoms with Crippen molar-refractivity contribution in [2.45, 2.75) is 0 Å². The van der Waals surface area contributed by atoms with Crippen LogP contribution in [0.1, 0.15) is 10.4 Å². The molecule has 0 spiro atoms. The van der Waals surface area contributed by atoms with Crippen LogP contribution in [0.25, 0.3) is 0 Å². The van der Waals surface area contributed by atoms with Crippen LogP contribution in [0.4, 0.5) is 11.4 Å². The second-order valence-electron chi connectivity index (χ2n) is 4.40. The van der Waals surface area contributed by atoms with Gasteiger partial charge in [-0.3, -0.25) is 14.9 Å². The molecule has 2 aromatic carbocycles. The monoisotopic (exact) mass is 364 g/mol. The molecule has 0 saturated carbocycles. The number of para-hydroxylation sites is 2. The van der Waals surface area contributed by atoms with E-state index in [9.17, 15) is 14.9 Å². The zero-order valence-electron chi connectivity index (χ0n) is 11.7. The number of ether oxygens (including phenoxy) is 1. The highest BCUT2D eigenvalue weighted by Gasteiger charge is 2.14. The number of nitro groups is 1. The van der Waals surface area contributed by atoms with Crippen molar-refractivity contribution in [3.8, 4) is 5.75 Å². The second-order valence-corrected chi connectivity index (χ2v) is 5.25. The van der Waals surface area contributed by atoms with Gasteiger partial charge in [-0.25, -0.2) is 0 Å². The van der Waals surface area contributed by atoms with Crippen LogP contribution in [0.5, 0.6) is 5.75 Å². The molecular weight excluding hydrogens is 352 g/mol. The van der Waals surface area contributed by atoms with Gasteiger partial charge in [0.25, 0.3) is 5.69 Å². The van der Waals surface area contributed by atoms with Crippen LogP contribution in [0.15, 0.2) is 46.9 Å². The van der Waals surface area contributed by atoms with E-state index < -0.39 is 4.92 Å². The van der Waals surface area contributed by atoms with E-state index in [4.69, 9.17) is 4.74 Å². The number of nitro benzene ring substituents is 1. The number of hydrogen-bond acceptors (Lipinski definition) is 5. The van der Waals surface area contributed by atoms with Crippen molar-refractivity contribution < 1.29 is 14.5 Å². The molecule has 1 N–H and O–H groups in total. The third-order valence-corrected chi connectivity index (χ3v) is 3.63. The maximum Gasteiger partial charge on any atom is 0.292 e. The molecule has 0 unspecified atom stereocenters. The van der Waals surface area contributed by atoms with E-state index in [0.717, 1.165) is 0 Å². The summed E-state index contributed by atoms with van der Waals surface area (Å²) in [5, 5.41) is 13.7. The number of nitrogens with one attached hydrogen (secondary N) is 1. The van der Waals surface area contributed by atoms with E-state index in [1.54, 1.807) is 36.4 Å². The smallest absolute Gasteiger partial charge is 0.292 e. The number of carbonyl (C=O) groups excluding carboxylic acids is 1. The quantitative estimate of drug-likeness (QED) is 0.480. The molecule has 22 heavy (non-hydrogen) atoms. The summed E-state index contributed by atoms with van der Waals surface area (Å²) in [5.74, 6) is 0.449. The van der Waals surface area contributed by atoms with Crippen LogP contribution in [0.2, 0.25) is 0 Å². The number of anilines is 1. The van der Waals surface area contributed by atoms with E-state index in [0.29, 0.717) is 21.5 Å². The summed E-state index contributed by atoms with van der Waals surface area (Å²) in [7, 11) is 1.54. The predicted molar refractivity (Wildman–Crippen MR) is 86.6 cm³/mol. The van der Waals surface area contributed by atoms with Crippen LogP contribution in [0, 0.1) is 10.1 Å². The largest absolute Gasteiger partial charge is 0.496 e. The van der Waals surface area contributed by atoms with Crippen LogP contribution in [-0.4, -0.2) is 24.4 Å². The van der Waals surface area contributed by atoms with Gasteiger partial charge in [0, 0.05) is 11.6 Å². The number of carbonyl (C=O) groups is 1. The first-order valence-corrected chi connectivity index (χ1v) is 7.16. The van der Waals surface area contributed by atoms with Gasteiger partial charge in [0.1, 0.15) is 11.4 Å². The number of nitrogens with zero attached hydrogens (tertiary/aromatic N) is 1. The van der Waals surface area contributed by atoms with Crippen molar-refractivity contribution in [2.24, 2.45) is 0 Å². The summed E-state index contributed by atoms with van der Waals surface area (Å²) in [6.45, 7) is -0.0381. The third kappa shape index (κ3) is 3.62. The summed E-state index contributed by atoms with van der Waals surface area (Å²) < 4.78 is 5.78. The van der Waals surface area contributed by atoms with Crippen molar-refractivity contribution in [2.75, 3.05) is 19.0 Å². The van der Waals surface area contributed by atoms with Crippen molar-refractivity contribution in [1.82, 2.24) is 0 Å². The lowest BCUT2D eigenvalue weighted by atomic mass is 10.1. The lowest BCUT2D eigenvalue weighted by Crippen LogP contribution is -2.14. The Kier molecular flexibility index (Phi) is 5.11.